The van der Waals surface area contributed by atoms with Crippen LogP contribution < -0.4 is 5.32 Å². The van der Waals surface area contributed by atoms with E-state index in [-0.39, 0.29) is 0 Å². The van der Waals surface area contributed by atoms with Gasteiger partial charge in [-0.25, -0.2) is 4.98 Å². The SMILES string of the molecule is Clc1ncc2c(C3CCCNC3)cccn12. The van der Waals surface area contributed by atoms with Crippen LogP contribution in [0.3, 0.4) is 0 Å². The zero-order valence-corrected chi connectivity index (χ0v) is 9.74. The Morgan fingerprint density at radius 2 is 2.44 bits per heavy atom. The van der Waals surface area contributed by atoms with Crippen molar-refractivity contribution in [1.29, 1.82) is 0 Å². The van der Waals surface area contributed by atoms with Gasteiger partial charge in [-0.3, -0.25) is 4.40 Å². The summed E-state index contributed by atoms with van der Waals surface area (Å²) in [7, 11) is 0. The maximum absolute atomic E-state index is 6.02. The van der Waals surface area contributed by atoms with Gasteiger partial charge >= 0.3 is 0 Å². The lowest BCUT2D eigenvalue weighted by Gasteiger charge is -2.23. The van der Waals surface area contributed by atoms with Crippen LogP contribution in [-0.4, -0.2) is 22.5 Å². The molecule has 0 aromatic carbocycles. The standard InChI is InChI=1S/C12H14ClN3/c13-12-15-8-11-10(4-2-6-16(11)12)9-3-1-5-14-7-9/h2,4,6,8-9,14H,1,3,5,7H2. The third kappa shape index (κ3) is 1.60. The number of hydrogen-bond acceptors (Lipinski definition) is 2. The van der Waals surface area contributed by atoms with E-state index in [0.717, 1.165) is 18.6 Å². The van der Waals surface area contributed by atoms with Crippen molar-refractivity contribution in [2.45, 2.75) is 18.8 Å². The van der Waals surface area contributed by atoms with E-state index in [4.69, 9.17) is 11.6 Å². The maximum atomic E-state index is 6.02. The van der Waals surface area contributed by atoms with Gasteiger partial charge in [-0.1, -0.05) is 6.07 Å². The molecule has 1 unspecified atom stereocenters. The normalized spacial score (nSPS) is 21.4. The topological polar surface area (TPSA) is 29.3 Å². The van der Waals surface area contributed by atoms with Gasteiger partial charge in [-0.15, -0.1) is 0 Å². The molecule has 0 amide bonds. The van der Waals surface area contributed by atoms with Crippen LogP contribution in [0.5, 0.6) is 0 Å². The molecule has 1 fully saturated rings. The predicted molar refractivity (Wildman–Crippen MR) is 65.0 cm³/mol. The van der Waals surface area contributed by atoms with Gasteiger partial charge in [-0.2, -0.15) is 0 Å². The maximum Gasteiger partial charge on any atom is 0.207 e. The van der Waals surface area contributed by atoms with E-state index in [9.17, 15) is 0 Å². The minimum atomic E-state index is 0.542. The predicted octanol–water partition coefficient (Wildman–Crippen LogP) is 2.45. The third-order valence-electron chi connectivity index (χ3n) is 3.30. The number of nitrogens with one attached hydrogen (secondary N) is 1. The second kappa shape index (κ2) is 4.07. The summed E-state index contributed by atoms with van der Waals surface area (Å²) in [6, 6.07) is 4.23. The summed E-state index contributed by atoms with van der Waals surface area (Å²) in [5.41, 5.74) is 2.50. The summed E-state index contributed by atoms with van der Waals surface area (Å²) in [6.07, 6.45) is 6.32. The van der Waals surface area contributed by atoms with Crippen LogP contribution in [-0.2, 0) is 0 Å². The summed E-state index contributed by atoms with van der Waals surface area (Å²) in [5, 5.41) is 3.98. The molecule has 2 aromatic rings. The molecule has 0 aliphatic carbocycles. The molecular formula is C12H14ClN3. The van der Waals surface area contributed by atoms with Gasteiger partial charge in [-0.05, 0) is 48.5 Å². The average molecular weight is 236 g/mol. The number of imidazole rings is 1. The van der Waals surface area contributed by atoms with Gasteiger partial charge in [0.25, 0.3) is 0 Å². The van der Waals surface area contributed by atoms with Crippen LogP contribution in [0, 0.1) is 0 Å². The summed E-state index contributed by atoms with van der Waals surface area (Å²) in [5.74, 6) is 0.588. The van der Waals surface area contributed by atoms with Crippen LogP contribution >= 0.6 is 11.6 Å². The van der Waals surface area contributed by atoms with Crippen LogP contribution in [0.2, 0.25) is 5.28 Å². The molecule has 1 aliphatic rings. The first-order chi connectivity index (χ1) is 7.86. The smallest absolute Gasteiger partial charge is 0.207 e. The Labute approximate surface area is 99.4 Å². The fourth-order valence-corrected chi connectivity index (χ4v) is 2.67. The van der Waals surface area contributed by atoms with Crippen LogP contribution in [0.1, 0.15) is 24.3 Å². The second-order valence-corrected chi connectivity index (χ2v) is 4.63. The molecule has 0 bridgehead atoms. The van der Waals surface area contributed by atoms with E-state index in [1.54, 1.807) is 0 Å². The number of aromatic nitrogens is 2. The fourth-order valence-electron chi connectivity index (χ4n) is 2.47. The molecule has 0 saturated carbocycles. The van der Waals surface area contributed by atoms with E-state index in [1.165, 1.54) is 18.4 Å². The van der Waals surface area contributed by atoms with E-state index in [1.807, 2.05) is 22.9 Å². The number of fused-ring (bicyclic) bond motifs is 1. The van der Waals surface area contributed by atoms with Crippen molar-refractivity contribution in [2.75, 3.05) is 13.1 Å². The Balaban J connectivity index is 2.08. The summed E-state index contributed by atoms with van der Waals surface area (Å²) >= 11 is 6.02. The lowest BCUT2D eigenvalue weighted by molar-refractivity contribution is 0.463. The number of rotatable bonds is 1. The first kappa shape index (κ1) is 10.1. The minimum Gasteiger partial charge on any atom is -0.316 e. The Hall–Kier alpha value is -1.06. The molecule has 84 valence electrons. The summed E-state index contributed by atoms with van der Waals surface area (Å²) in [6.45, 7) is 2.20. The molecule has 3 heterocycles. The largest absolute Gasteiger partial charge is 0.316 e. The highest BCUT2D eigenvalue weighted by atomic mass is 35.5. The number of pyridine rings is 1. The van der Waals surface area contributed by atoms with Crippen molar-refractivity contribution in [3.63, 3.8) is 0 Å². The van der Waals surface area contributed by atoms with Crippen LogP contribution in [0.15, 0.2) is 24.5 Å². The molecule has 1 atom stereocenters. The van der Waals surface area contributed by atoms with Crippen LogP contribution in [0.4, 0.5) is 0 Å². The highest BCUT2D eigenvalue weighted by Crippen LogP contribution is 2.27. The molecule has 2 aromatic heterocycles. The molecule has 1 N–H and O–H groups in total. The van der Waals surface area contributed by atoms with Gasteiger partial charge < -0.3 is 5.32 Å². The Morgan fingerprint density at radius 1 is 1.50 bits per heavy atom. The van der Waals surface area contributed by atoms with Gasteiger partial charge in [0.1, 0.15) is 0 Å². The Kier molecular flexibility index (Phi) is 2.58. The molecule has 16 heavy (non-hydrogen) atoms. The Bertz CT molecular complexity index is 500. The summed E-state index contributed by atoms with van der Waals surface area (Å²) in [4.78, 5) is 4.16. The third-order valence-corrected chi connectivity index (χ3v) is 3.57. The molecule has 3 nitrogen and oxygen atoms in total. The monoisotopic (exact) mass is 235 g/mol. The van der Waals surface area contributed by atoms with Crippen molar-refractivity contribution >= 4 is 17.1 Å². The van der Waals surface area contributed by atoms with Crippen molar-refractivity contribution in [2.24, 2.45) is 0 Å². The van der Waals surface area contributed by atoms with Crippen molar-refractivity contribution < 1.29 is 0 Å². The van der Waals surface area contributed by atoms with Gasteiger partial charge in [0, 0.05) is 12.7 Å². The minimum absolute atomic E-state index is 0.542. The van der Waals surface area contributed by atoms with Crippen molar-refractivity contribution in [3.05, 3.63) is 35.4 Å². The number of hydrogen-bond donors (Lipinski definition) is 1. The lowest BCUT2D eigenvalue weighted by atomic mass is 9.91. The van der Waals surface area contributed by atoms with E-state index in [2.05, 4.69) is 16.4 Å². The first-order valence-corrected chi connectivity index (χ1v) is 6.06. The molecule has 0 spiro atoms. The van der Waals surface area contributed by atoms with Crippen molar-refractivity contribution in [1.82, 2.24) is 14.7 Å². The van der Waals surface area contributed by atoms with Crippen molar-refractivity contribution in [3.8, 4) is 0 Å². The first-order valence-electron chi connectivity index (χ1n) is 5.68. The quantitative estimate of drug-likeness (QED) is 0.823. The van der Waals surface area contributed by atoms with Gasteiger partial charge in [0.15, 0.2) is 0 Å². The number of piperidine rings is 1. The second-order valence-electron chi connectivity index (χ2n) is 4.29. The number of nitrogens with zero attached hydrogens (tertiary/aromatic N) is 2. The summed E-state index contributed by atoms with van der Waals surface area (Å²) < 4.78 is 1.95. The molecule has 1 aliphatic heterocycles. The Morgan fingerprint density at radius 3 is 3.25 bits per heavy atom. The fraction of sp³-hybridized carbons (Fsp3) is 0.417. The molecule has 3 rings (SSSR count). The molecule has 0 radical (unpaired) electrons. The lowest BCUT2D eigenvalue weighted by Crippen LogP contribution is -2.28. The molecular weight excluding hydrogens is 222 g/mol. The van der Waals surface area contributed by atoms with E-state index < -0.39 is 0 Å². The highest BCUT2D eigenvalue weighted by molar-refractivity contribution is 6.28. The average Bonchev–Trinajstić information content (AvgIpc) is 2.73. The zero-order chi connectivity index (χ0) is 11.0. The van der Waals surface area contributed by atoms with Crippen LogP contribution in [0.25, 0.3) is 5.52 Å². The number of halogens is 1. The van der Waals surface area contributed by atoms with Gasteiger partial charge in [0.05, 0.1) is 11.7 Å². The van der Waals surface area contributed by atoms with Gasteiger partial charge in [0.2, 0.25) is 5.28 Å². The highest BCUT2D eigenvalue weighted by Gasteiger charge is 2.18. The zero-order valence-electron chi connectivity index (χ0n) is 8.99. The van der Waals surface area contributed by atoms with E-state index >= 15 is 0 Å². The molecule has 4 heteroatoms. The van der Waals surface area contributed by atoms with E-state index in [0.29, 0.717) is 11.2 Å². The molecule has 1 saturated heterocycles.